The van der Waals surface area contributed by atoms with Crippen LogP contribution in [0, 0.1) is 6.92 Å². The molecule has 0 aliphatic rings. The number of aromatic nitrogens is 4. The van der Waals surface area contributed by atoms with Crippen molar-refractivity contribution in [3.63, 3.8) is 0 Å². The molecule has 2 heterocycles. The second-order valence-corrected chi connectivity index (χ2v) is 8.06. The number of aromatic amines is 1. The molecule has 0 spiro atoms. The predicted octanol–water partition coefficient (Wildman–Crippen LogP) is 2.99. The molecule has 0 saturated heterocycles. The molecule has 0 amide bonds. The first kappa shape index (κ1) is 19.8. The Hall–Kier alpha value is -3.54. The topological polar surface area (TPSA) is 134 Å². The standard InChI is InChI=1S/C19H19N7O3S/c1-12-16-7-6-14(11-17(16)25-24-12)21-18-8-9-20-19(23-18)22-13-4-3-5-15(10-13)30(27,28)26-29-2/h3-11,26H,1-2H3,(H,24,25)(H2,20,21,22,23). The van der Waals surface area contributed by atoms with E-state index in [1.807, 2.05) is 30.0 Å². The largest absolute Gasteiger partial charge is 0.340 e. The number of sulfonamides is 1. The Bertz CT molecular complexity index is 1300. The van der Waals surface area contributed by atoms with E-state index >= 15 is 0 Å². The quantitative estimate of drug-likeness (QED) is 0.332. The highest BCUT2D eigenvalue weighted by Gasteiger charge is 2.14. The SMILES string of the molecule is CONS(=O)(=O)c1cccc(Nc2nccc(Nc3ccc4c(C)[nH]nc4c3)n2)c1. The number of hydrogen-bond donors (Lipinski definition) is 4. The van der Waals surface area contributed by atoms with Gasteiger partial charge in [0.25, 0.3) is 10.0 Å². The number of nitrogens with zero attached hydrogens (tertiary/aromatic N) is 3. The van der Waals surface area contributed by atoms with E-state index in [1.165, 1.54) is 19.2 Å². The van der Waals surface area contributed by atoms with Crippen LogP contribution in [0.25, 0.3) is 10.9 Å². The zero-order valence-corrected chi connectivity index (χ0v) is 17.0. The van der Waals surface area contributed by atoms with Gasteiger partial charge in [0.05, 0.1) is 17.5 Å². The van der Waals surface area contributed by atoms with E-state index < -0.39 is 10.0 Å². The van der Waals surface area contributed by atoms with Crippen molar-refractivity contribution in [2.75, 3.05) is 17.7 Å². The second-order valence-electron chi connectivity index (χ2n) is 6.41. The zero-order valence-electron chi connectivity index (χ0n) is 16.2. The van der Waals surface area contributed by atoms with E-state index in [-0.39, 0.29) is 4.90 Å². The maximum Gasteiger partial charge on any atom is 0.262 e. The maximum absolute atomic E-state index is 12.1. The zero-order chi connectivity index (χ0) is 21.1. The van der Waals surface area contributed by atoms with Gasteiger partial charge in [-0.3, -0.25) is 9.94 Å². The first-order valence-electron chi connectivity index (χ1n) is 8.91. The molecule has 0 aliphatic heterocycles. The van der Waals surface area contributed by atoms with Gasteiger partial charge in [-0.25, -0.2) is 13.4 Å². The van der Waals surface area contributed by atoms with Gasteiger partial charge in [0.2, 0.25) is 5.95 Å². The average Bonchev–Trinajstić information content (AvgIpc) is 3.09. The van der Waals surface area contributed by atoms with Gasteiger partial charge in [-0.2, -0.15) is 10.1 Å². The Labute approximate surface area is 172 Å². The van der Waals surface area contributed by atoms with Crippen LogP contribution in [0.15, 0.2) is 59.6 Å². The number of hydrogen-bond acceptors (Lipinski definition) is 8. The van der Waals surface area contributed by atoms with Crippen molar-refractivity contribution in [2.24, 2.45) is 0 Å². The summed E-state index contributed by atoms with van der Waals surface area (Å²) in [6.45, 7) is 1.97. The van der Waals surface area contributed by atoms with E-state index in [0.717, 1.165) is 22.3 Å². The van der Waals surface area contributed by atoms with E-state index in [4.69, 9.17) is 0 Å². The molecule has 0 aliphatic carbocycles. The van der Waals surface area contributed by atoms with Crippen LogP contribution in [0.3, 0.4) is 0 Å². The molecule has 0 saturated carbocycles. The number of nitrogens with one attached hydrogen (secondary N) is 4. The summed E-state index contributed by atoms with van der Waals surface area (Å²) in [6, 6.07) is 13.8. The van der Waals surface area contributed by atoms with E-state index in [1.54, 1.807) is 24.4 Å². The Balaban J connectivity index is 1.53. The van der Waals surface area contributed by atoms with Crippen molar-refractivity contribution >= 4 is 44.1 Å². The van der Waals surface area contributed by atoms with Crippen molar-refractivity contribution in [3.05, 3.63) is 60.4 Å². The van der Waals surface area contributed by atoms with Crippen LogP contribution in [0.2, 0.25) is 0 Å². The van der Waals surface area contributed by atoms with Crippen LogP contribution >= 0.6 is 0 Å². The maximum atomic E-state index is 12.1. The summed E-state index contributed by atoms with van der Waals surface area (Å²) in [5.74, 6) is 0.884. The molecule has 0 unspecified atom stereocenters. The van der Waals surface area contributed by atoms with Crippen LogP contribution in [-0.2, 0) is 14.9 Å². The molecule has 30 heavy (non-hydrogen) atoms. The van der Waals surface area contributed by atoms with Gasteiger partial charge in [-0.05, 0) is 49.4 Å². The lowest BCUT2D eigenvalue weighted by Gasteiger charge is -2.10. The first-order valence-corrected chi connectivity index (χ1v) is 10.4. The minimum absolute atomic E-state index is 0.0474. The molecule has 4 rings (SSSR count). The molecule has 0 bridgehead atoms. The number of aryl methyl sites for hydroxylation is 1. The Morgan fingerprint density at radius 3 is 2.70 bits per heavy atom. The van der Waals surface area contributed by atoms with Crippen LogP contribution in [0.1, 0.15) is 5.69 Å². The minimum atomic E-state index is -3.76. The van der Waals surface area contributed by atoms with Crippen LogP contribution in [-0.4, -0.2) is 35.7 Å². The third-order valence-electron chi connectivity index (χ3n) is 4.27. The molecule has 4 N–H and O–H groups in total. The number of anilines is 4. The lowest BCUT2D eigenvalue weighted by atomic mass is 10.2. The highest BCUT2D eigenvalue weighted by atomic mass is 32.2. The lowest BCUT2D eigenvalue weighted by Crippen LogP contribution is -2.22. The normalized spacial score (nSPS) is 11.5. The summed E-state index contributed by atoms with van der Waals surface area (Å²) in [4.78, 5) is 15.2. The summed E-state index contributed by atoms with van der Waals surface area (Å²) in [5.41, 5.74) is 3.21. The number of fused-ring (bicyclic) bond motifs is 1. The highest BCUT2D eigenvalue weighted by molar-refractivity contribution is 7.89. The second kappa shape index (κ2) is 8.06. The van der Waals surface area contributed by atoms with E-state index in [2.05, 4.69) is 35.6 Å². The van der Waals surface area contributed by atoms with E-state index in [0.29, 0.717) is 17.5 Å². The summed E-state index contributed by atoms with van der Waals surface area (Å²) in [7, 11) is -2.53. The van der Waals surface area contributed by atoms with Crippen LogP contribution < -0.4 is 15.5 Å². The fraction of sp³-hybridized carbons (Fsp3) is 0.105. The van der Waals surface area contributed by atoms with E-state index in [9.17, 15) is 8.42 Å². The fourth-order valence-electron chi connectivity index (χ4n) is 2.89. The molecule has 154 valence electrons. The Morgan fingerprint density at radius 2 is 1.87 bits per heavy atom. The third kappa shape index (κ3) is 4.22. The molecular weight excluding hydrogens is 406 g/mol. The van der Waals surface area contributed by atoms with Gasteiger partial charge in [0.1, 0.15) is 5.82 Å². The molecule has 10 nitrogen and oxygen atoms in total. The van der Waals surface area contributed by atoms with Gasteiger partial charge in [0.15, 0.2) is 0 Å². The minimum Gasteiger partial charge on any atom is -0.340 e. The van der Waals surface area contributed by atoms with Crippen molar-refractivity contribution in [1.82, 2.24) is 25.1 Å². The molecule has 0 fully saturated rings. The number of rotatable bonds is 7. The van der Waals surface area contributed by atoms with Crippen molar-refractivity contribution in [1.29, 1.82) is 0 Å². The molecule has 2 aromatic carbocycles. The van der Waals surface area contributed by atoms with Crippen LogP contribution in [0.5, 0.6) is 0 Å². The monoisotopic (exact) mass is 425 g/mol. The fourth-order valence-corrected chi connectivity index (χ4v) is 3.74. The van der Waals surface area contributed by atoms with Crippen molar-refractivity contribution in [2.45, 2.75) is 11.8 Å². The third-order valence-corrected chi connectivity index (χ3v) is 5.53. The summed E-state index contributed by atoms with van der Waals surface area (Å²) in [5, 5.41) is 14.5. The Morgan fingerprint density at radius 1 is 1.03 bits per heavy atom. The molecular formula is C19H19N7O3S. The van der Waals surface area contributed by atoms with Gasteiger partial charge < -0.3 is 10.6 Å². The molecule has 0 radical (unpaired) electrons. The predicted molar refractivity (Wildman–Crippen MR) is 113 cm³/mol. The number of H-pyrrole nitrogens is 1. The van der Waals surface area contributed by atoms with Gasteiger partial charge in [-0.15, -0.1) is 0 Å². The first-order chi connectivity index (χ1) is 14.4. The van der Waals surface area contributed by atoms with Crippen LogP contribution in [0.4, 0.5) is 23.1 Å². The molecule has 4 aromatic rings. The average molecular weight is 425 g/mol. The summed E-state index contributed by atoms with van der Waals surface area (Å²) in [6.07, 6.45) is 1.60. The summed E-state index contributed by atoms with van der Waals surface area (Å²) < 4.78 is 24.2. The lowest BCUT2D eigenvalue weighted by molar-refractivity contribution is 0.153. The molecule has 11 heteroatoms. The number of benzene rings is 2. The molecule has 2 aromatic heterocycles. The smallest absolute Gasteiger partial charge is 0.262 e. The van der Waals surface area contributed by atoms with Gasteiger partial charge >= 0.3 is 0 Å². The summed E-state index contributed by atoms with van der Waals surface area (Å²) >= 11 is 0. The van der Waals surface area contributed by atoms with Crippen molar-refractivity contribution < 1.29 is 13.3 Å². The Kier molecular flexibility index (Phi) is 5.31. The van der Waals surface area contributed by atoms with Gasteiger partial charge in [-0.1, -0.05) is 11.0 Å². The van der Waals surface area contributed by atoms with Crippen molar-refractivity contribution in [3.8, 4) is 0 Å². The highest BCUT2D eigenvalue weighted by Crippen LogP contribution is 2.23. The molecule has 0 atom stereocenters. The van der Waals surface area contributed by atoms with Gasteiger partial charge in [0, 0.05) is 28.7 Å².